The van der Waals surface area contributed by atoms with E-state index in [2.05, 4.69) is 20.8 Å². The number of rotatable bonds is 0. The Morgan fingerprint density at radius 3 is 2.44 bits per heavy atom. The average Bonchev–Trinajstić information content (AvgIpc) is 2.19. The van der Waals surface area contributed by atoms with Crippen LogP contribution in [0.25, 0.3) is 0 Å². The third-order valence-corrected chi connectivity index (χ3v) is 6.11. The zero-order valence-electron chi connectivity index (χ0n) is 11.1. The van der Waals surface area contributed by atoms with Crippen LogP contribution in [0.1, 0.15) is 65.7 Å². The van der Waals surface area contributed by atoms with Crippen molar-refractivity contribution in [1.82, 2.24) is 0 Å². The van der Waals surface area contributed by atoms with Crippen LogP contribution in [0.5, 0.6) is 0 Å². The summed E-state index contributed by atoms with van der Waals surface area (Å²) >= 11 is 0. The highest BCUT2D eigenvalue weighted by Gasteiger charge is 2.59. The van der Waals surface area contributed by atoms with Gasteiger partial charge in [0.25, 0.3) is 0 Å². The summed E-state index contributed by atoms with van der Waals surface area (Å²) in [6.45, 7) is 7.21. The minimum atomic E-state index is -0.302. The Kier molecular flexibility index (Phi) is 2.11. The lowest BCUT2D eigenvalue weighted by molar-refractivity contribution is -0.161. The number of hydrogen-bond donors (Lipinski definition) is 1. The Hall–Kier alpha value is -0.0400. The SMILES string of the molecule is CC12CCCC(O)(C1)[C@@H]1CC(C)(C)[C@H]1CC2. The molecule has 0 saturated heterocycles. The predicted octanol–water partition coefficient (Wildman–Crippen LogP) is 3.75. The molecular weight excluding hydrogens is 196 g/mol. The van der Waals surface area contributed by atoms with Crippen molar-refractivity contribution in [3.63, 3.8) is 0 Å². The van der Waals surface area contributed by atoms with Gasteiger partial charge < -0.3 is 5.11 Å². The van der Waals surface area contributed by atoms with Gasteiger partial charge in [-0.25, -0.2) is 0 Å². The zero-order valence-corrected chi connectivity index (χ0v) is 11.1. The summed E-state index contributed by atoms with van der Waals surface area (Å²) in [5.41, 5.74) is 0.637. The van der Waals surface area contributed by atoms with Crippen molar-refractivity contribution in [3.05, 3.63) is 0 Å². The van der Waals surface area contributed by atoms with Crippen molar-refractivity contribution >= 4 is 0 Å². The fourth-order valence-corrected chi connectivity index (χ4v) is 5.17. The van der Waals surface area contributed by atoms with E-state index in [-0.39, 0.29) is 5.60 Å². The van der Waals surface area contributed by atoms with Gasteiger partial charge in [0.1, 0.15) is 0 Å². The topological polar surface area (TPSA) is 20.2 Å². The Morgan fingerprint density at radius 2 is 1.75 bits per heavy atom. The molecule has 16 heavy (non-hydrogen) atoms. The van der Waals surface area contributed by atoms with Crippen LogP contribution in [0, 0.1) is 22.7 Å². The van der Waals surface area contributed by atoms with E-state index in [0.717, 1.165) is 18.8 Å². The first kappa shape index (κ1) is 11.1. The molecule has 0 spiro atoms. The highest BCUT2D eigenvalue weighted by molar-refractivity contribution is 5.10. The molecule has 0 aromatic carbocycles. The second-order valence-corrected chi connectivity index (χ2v) is 7.89. The van der Waals surface area contributed by atoms with Crippen LogP contribution in [0.2, 0.25) is 0 Å². The number of aliphatic hydroxyl groups is 1. The standard InChI is InChI=1S/C15H26O/c1-13(2)9-12-11(13)5-8-14(3)6-4-7-15(12,16)10-14/h11-12,16H,4-10H2,1-3H3/t11-,12+,14?,15?/m0/s1. The maximum Gasteiger partial charge on any atom is 0.0684 e. The van der Waals surface area contributed by atoms with E-state index >= 15 is 0 Å². The largest absolute Gasteiger partial charge is 0.390 e. The van der Waals surface area contributed by atoms with Crippen LogP contribution >= 0.6 is 0 Å². The van der Waals surface area contributed by atoms with Crippen LogP contribution < -0.4 is 0 Å². The molecule has 0 aromatic rings. The highest BCUT2D eigenvalue weighted by atomic mass is 16.3. The maximum absolute atomic E-state index is 11.0. The summed E-state index contributed by atoms with van der Waals surface area (Å²) in [6.07, 6.45) is 8.70. The quantitative estimate of drug-likeness (QED) is 0.662. The molecule has 1 heteroatoms. The molecule has 0 aromatic heterocycles. The van der Waals surface area contributed by atoms with Crippen LogP contribution in [0.15, 0.2) is 0 Å². The molecule has 0 heterocycles. The molecule has 0 radical (unpaired) electrons. The first-order chi connectivity index (χ1) is 7.35. The molecule has 3 aliphatic rings. The summed E-state index contributed by atoms with van der Waals surface area (Å²) in [6, 6.07) is 0. The van der Waals surface area contributed by atoms with E-state index < -0.39 is 0 Å². The molecule has 3 fully saturated rings. The Morgan fingerprint density at radius 1 is 1.00 bits per heavy atom. The van der Waals surface area contributed by atoms with Crippen molar-refractivity contribution in [1.29, 1.82) is 0 Å². The molecule has 4 atom stereocenters. The summed E-state index contributed by atoms with van der Waals surface area (Å²) in [5, 5.41) is 11.0. The lowest BCUT2D eigenvalue weighted by Crippen LogP contribution is -2.56. The molecule has 1 N–H and O–H groups in total. The van der Waals surface area contributed by atoms with E-state index in [1.165, 1.54) is 32.1 Å². The first-order valence-electron chi connectivity index (χ1n) is 7.07. The minimum absolute atomic E-state index is 0.302. The van der Waals surface area contributed by atoms with Crippen molar-refractivity contribution in [2.24, 2.45) is 22.7 Å². The lowest BCUT2D eigenvalue weighted by Gasteiger charge is -2.58. The van der Waals surface area contributed by atoms with Gasteiger partial charge in [0.15, 0.2) is 0 Å². The summed E-state index contributed by atoms with van der Waals surface area (Å²) in [5.74, 6) is 1.40. The summed E-state index contributed by atoms with van der Waals surface area (Å²) in [4.78, 5) is 0. The molecular formula is C15H26O. The van der Waals surface area contributed by atoms with E-state index in [1.807, 2.05) is 0 Å². The van der Waals surface area contributed by atoms with Crippen LogP contribution in [-0.4, -0.2) is 10.7 Å². The molecule has 2 unspecified atom stereocenters. The fourth-order valence-electron chi connectivity index (χ4n) is 5.17. The van der Waals surface area contributed by atoms with E-state index in [0.29, 0.717) is 16.7 Å². The molecule has 3 saturated carbocycles. The van der Waals surface area contributed by atoms with Gasteiger partial charge in [0, 0.05) is 0 Å². The molecule has 3 rings (SSSR count). The van der Waals surface area contributed by atoms with Crippen molar-refractivity contribution in [3.8, 4) is 0 Å². The monoisotopic (exact) mass is 222 g/mol. The van der Waals surface area contributed by atoms with Crippen LogP contribution in [-0.2, 0) is 0 Å². The zero-order chi connectivity index (χ0) is 11.6. The normalized spacial score (nSPS) is 54.8. The third kappa shape index (κ3) is 1.40. The average molecular weight is 222 g/mol. The first-order valence-corrected chi connectivity index (χ1v) is 7.07. The predicted molar refractivity (Wildman–Crippen MR) is 66.1 cm³/mol. The fraction of sp³-hybridized carbons (Fsp3) is 1.00. The minimum Gasteiger partial charge on any atom is -0.390 e. The highest BCUT2D eigenvalue weighted by Crippen LogP contribution is 2.64. The van der Waals surface area contributed by atoms with E-state index in [4.69, 9.17) is 0 Å². The molecule has 1 nitrogen and oxygen atoms in total. The molecule has 0 amide bonds. The van der Waals surface area contributed by atoms with Crippen LogP contribution in [0.4, 0.5) is 0 Å². The molecule has 2 bridgehead atoms. The van der Waals surface area contributed by atoms with Gasteiger partial charge in [0.2, 0.25) is 0 Å². The third-order valence-electron chi connectivity index (χ3n) is 6.11. The van der Waals surface area contributed by atoms with Crippen LogP contribution in [0.3, 0.4) is 0 Å². The van der Waals surface area contributed by atoms with Crippen molar-refractivity contribution in [2.75, 3.05) is 0 Å². The second-order valence-electron chi connectivity index (χ2n) is 7.89. The lowest BCUT2D eigenvalue weighted by atomic mass is 9.49. The van der Waals surface area contributed by atoms with Crippen molar-refractivity contribution in [2.45, 2.75) is 71.3 Å². The smallest absolute Gasteiger partial charge is 0.0684 e. The number of fused-ring (bicyclic) bond motifs is 4. The van der Waals surface area contributed by atoms with Gasteiger partial charge in [0.05, 0.1) is 5.60 Å². The molecule has 92 valence electrons. The second kappa shape index (κ2) is 3.04. The van der Waals surface area contributed by atoms with Gasteiger partial charge in [-0.05, 0) is 61.2 Å². The summed E-state index contributed by atoms with van der Waals surface area (Å²) < 4.78 is 0. The maximum atomic E-state index is 11.0. The van der Waals surface area contributed by atoms with E-state index in [9.17, 15) is 5.11 Å². The van der Waals surface area contributed by atoms with Gasteiger partial charge in [-0.2, -0.15) is 0 Å². The van der Waals surface area contributed by atoms with Crippen molar-refractivity contribution < 1.29 is 5.11 Å². The Labute approximate surface area is 99.6 Å². The molecule has 0 aliphatic heterocycles. The summed E-state index contributed by atoms with van der Waals surface area (Å²) in [7, 11) is 0. The Balaban J connectivity index is 1.92. The Bertz CT molecular complexity index is 309. The van der Waals surface area contributed by atoms with Gasteiger partial charge in [-0.3, -0.25) is 0 Å². The molecule has 3 aliphatic carbocycles. The van der Waals surface area contributed by atoms with E-state index in [1.54, 1.807) is 0 Å². The van der Waals surface area contributed by atoms with Gasteiger partial charge in [-0.1, -0.05) is 27.2 Å². The number of hydrogen-bond acceptors (Lipinski definition) is 1. The van der Waals surface area contributed by atoms with Gasteiger partial charge in [-0.15, -0.1) is 0 Å². The van der Waals surface area contributed by atoms with Gasteiger partial charge >= 0.3 is 0 Å².